The van der Waals surface area contributed by atoms with E-state index in [1.807, 2.05) is 36.1 Å². The highest BCUT2D eigenvalue weighted by Crippen LogP contribution is 2.38. The largest absolute Gasteiger partial charge is 0.377 e. The van der Waals surface area contributed by atoms with Gasteiger partial charge in [0.25, 0.3) is 0 Å². The third kappa shape index (κ3) is 3.70. The van der Waals surface area contributed by atoms with Crippen LogP contribution >= 0.6 is 11.6 Å². The minimum absolute atomic E-state index is 0.130. The van der Waals surface area contributed by atoms with Crippen molar-refractivity contribution in [3.63, 3.8) is 0 Å². The van der Waals surface area contributed by atoms with Gasteiger partial charge < -0.3 is 15.0 Å². The Labute approximate surface area is 143 Å². The highest BCUT2D eigenvalue weighted by Gasteiger charge is 2.47. The summed E-state index contributed by atoms with van der Waals surface area (Å²) in [6.45, 7) is 5.79. The fraction of sp³-hybridized carbons (Fsp3) is 0.611. The van der Waals surface area contributed by atoms with Crippen molar-refractivity contribution in [2.24, 2.45) is 5.41 Å². The van der Waals surface area contributed by atoms with Crippen molar-refractivity contribution < 1.29 is 9.53 Å². The third-order valence-corrected chi connectivity index (χ3v) is 5.20. The number of nitrogens with zero attached hydrogens (tertiary/aromatic N) is 1. The van der Waals surface area contributed by atoms with Gasteiger partial charge in [0.2, 0.25) is 5.91 Å². The molecular formula is C18H25ClN2O2. The van der Waals surface area contributed by atoms with Crippen molar-refractivity contribution in [1.29, 1.82) is 0 Å². The molecule has 2 aliphatic heterocycles. The Morgan fingerprint density at radius 1 is 1.39 bits per heavy atom. The van der Waals surface area contributed by atoms with Crippen LogP contribution in [0.4, 0.5) is 0 Å². The van der Waals surface area contributed by atoms with Crippen LogP contribution in [-0.4, -0.2) is 43.2 Å². The van der Waals surface area contributed by atoms with Gasteiger partial charge in [-0.25, -0.2) is 0 Å². The summed E-state index contributed by atoms with van der Waals surface area (Å²) in [5.74, 6) is 0.274. The van der Waals surface area contributed by atoms with E-state index in [1.165, 1.54) is 0 Å². The molecule has 2 saturated heterocycles. The molecule has 5 heteroatoms. The van der Waals surface area contributed by atoms with Gasteiger partial charge in [0, 0.05) is 31.3 Å². The molecule has 4 nitrogen and oxygen atoms in total. The van der Waals surface area contributed by atoms with Gasteiger partial charge in [-0.15, -0.1) is 0 Å². The van der Waals surface area contributed by atoms with Crippen LogP contribution in [0.5, 0.6) is 0 Å². The summed E-state index contributed by atoms with van der Waals surface area (Å²) >= 11 is 5.96. The van der Waals surface area contributed by atoms with Crippen molar-refractivity contribution in [3.05, 3.63) is 34.9 Å². The van der Waals surface area contributed by atoms with Crippen LogP contribution in [0.2, 0.25) is 5.02 Å². The Balaban J connectivity index is 1.79. The van der Waals surface area contributed by atoms with Gasteiger partial charge >= 0.3 is 0 Å². The molecule has 0 saturated carbocycles. The van der Waals surface area contributed by atoms with Crippen molar-refractivity contribution in [1.82, 2.24) is 10.2 Å². The first-order chi connectivity index (χ1) is 11.1. The maximum Gasteiger partial charge on any atom is 0.230 e. The summed E-state index contributed by atoms with van der Waals surface area (Å²) in [6.07, 6.45) is 2.98. The van der Waals surface area contributed by atoms with Gasteiger partial charge in [-0.2, -0.15) is 0 Å². The SMILES string of the molecule is CCO[C@@H]1CN(Cc2ccc(Cl)cc2)C(=O)[C@]2(CCCNC2)C1. The molecular weight excluding hydrogens is 312 g/mol. The first-order valence-electron chi connectivity index (χ1n) is 8.49. The van der Waals surface area contributed by atoms with Crippen molar-refractivity contribution >= 4 is 17.5 Å². The van der Waals surface area contributed by atoms with Gasteiger partial charge in [0.15, 0.2) is 0 Å². The molecule has 0 unspecified atom stereocenters. The normalized spacial score (nSPS) is 28.3. The van der Waals surface area contributed by atoms with E-state index in [0.29, 0.717) is 19.7 Å². The summed E-state index contributed by atoms with van der Waals surface area (Å²) in [5.41, 5.74) is 0.821. The van der Waals surface area contributed by atoms with E-state index in [4.69, 9.17) is 16.3 Å². The van der Waals surface area contributed by atoms with Crippen LogP contribution in [0.3, 0.4) is 0 Å². The Hall–Kier alpha value is -1.10. The van der Waals surface area contributed by atoms with Gasteiger partial charge in [-0.05, 0) is 50.4 Å². The number of ether oxygens (including phenoxy) is 1. The fourth-order valence-corrected chi connectivity index (χ4v) is 4.00. The number of carbonyl (C=O) groups is 1. The summed E-state index contributed by atoms with van der Waals surface area (Å²) < 4.78 is 5.90. The smallest absolute Gasteiger partial charge is 0.230 e. The zero-order chi connectivity index (χ0) is 16.3. The quantitative estimate of drug-likeness (QED) is 0.919. The monoisotopic (exact) mass is 336 g/mol. The van der Waals surface area contributed by atoms with Crippen molar-refractivity contribution in [2.75, 3.05) is 26.2 Å². The standard InChI is InChI=1S/C18H25ClN2O2/c1-2-23-16-10-18(8-3-9-20-13-18)17(22)21(12-16)11-14-4-6-15(19)7-5-14/h4-7,16,20H,2-3,8-13H2,1H3/t16-,18+/m0/s1. The fourth-order valence-electron chi connectivity index (χ4n) is 3.87. The number of piperidine rings is 2. The first-order valence-corrected chi connectivity index (χ1v) is 8.87. The van der Waals surface area contributed by atoms with Crippen molar-refractivity contribution in [3.8, 4) is 0 Å². The number of likely N-dealkylation sites (tertiary alicyclic amines) is 1. The average Bonchev–Trinajstić information content (AvgIpc) is 2.55. The number of hydrogen-bond acceptors (Lipinski definition) is 3. The molecule has 1 amide bonds. The number of halogens is 1. The third-order valence-electron chi connectivity index (χ3n) is 4.94. The maximum absolute atomic E-state index is 13.1. The number of carbonyl (C=O) groups excluding carboxylic acids is 1. The number of benzene rings is 1. The average molecular weight is 337 g/mol. The Morgan fingerprint density at radius 3 is 2.83 bits per heavy atom. The van der Waals surface area contributed by atoms with E-state index in [9.17, 15) is 4.79 Å². The summed E-state index contributed by atoms with van der Waals surface area (Å²) in [4.78, 5) is 15.1. The Bertz CT molecular complexity index is 540. The van der Waals surface area contributed by atoms with Gasteiger partial charge in [0.1, 0.15) is 0 Å². The molecule has 1 N–H and O–H groups in total. The van der Waals surface area contributed by atoms with Gasteiger partial charge in [0.05, 0.1) is 11.5 Å². The molecule has 0 aliphatic carbocycles. The molecule has 0 radical (unpaired) electrons. The van der Waals surface area contributed by atoms with E-state index >= 15 is 0 Å². The predicted octanol–water partition coefficient (Wildman–Crippen LogP) is 2.85. The first kappa shape index (κ1) is 16.7. The summed E-state index contributed by atoms with van der Waals surface area (Å²) in [5, 5.41) is 4.13. The lowest BCUT2D eigenvalue weighted by atomic mass is 9.72. The minimum atomic E-state index is -0.289. The lowest BCUT2D eigenvalue weighted by Crippen LogP contribution is -2.59. The molecule has 3 rings (SSSR count). The van der Waals surface area contributed by atoms with E-state index < -0.39 is 0 Å². The minimum Gasteiger partial charge on any atom is -0.377 e. The van der Waals surface area contributed by atoms with E-state index in [0.717, 1.165) is 42.9 Å². The maximum atomic E-state index is 13.1. The number of rotatable bonds is 4. The second kappa shape index (κ2) is 7.20. The van der Waals surface area contributed by atoms with Crippen molar-refractivity contribution in [2.45, 2.75) is 38.8 Å². The zero-order valence-electron chi connectivity index (χ0n) is 13.7. The summed E-state index contributed by atoms with van der Waals surface area (Å²) in [7, 11) is 0. The number of hydrogen-bond donors (Lipinski definition) is 1. The zero-order valence-corrected chi connectivity index (χ0v) is 14.4. The highest BCUT2D eigenvalue weighted by molar-refractivity contribution is 6.30. The molecule has 2 aliphatic rings. The molecule has 2 fully saturated rings. The number of nitrogens with one attached hydrogen (secondary N) is 1. The number of amides is 1. The molecule has 2 atom stereocenters. The Morgan fingerprint density at radius 2 is 2.17 bits per heavy atom. The lowest BCUT2D eigenvalue weighted by Gasteiger charge is -2.47. The topological polar surface area (TPSA) is 41.6 Å². The second-order valence-corrected chi connectivity index (χ2v) is 7.09. The van der Waals surface area contributed by atoms with Crippen LogP contribution in [0.25, 0.3) is 0 Å². The molecule has 0 bridgehead atoms. The van der Waals surface area contributed by atoms with Crippen LogP contribution in [0.1, 0.15) is 31.7 Å². The molecule has 1 spiro atoms. The van der Waals surface area contributed by atoms with Gasteiger partial charge in [-0.1, -0.05) is 23.7 Å². The molecule has 0 aromatic heterocycles. The molecule has 23 heavy (non-hydrogen) atoms. The van der Waals surface area contributed by atoms with E-state index in [1.54, 1.807) is 0 Å². The molecule has 1 aromatic carbocycles. The second-order valence-electron chi connectivity index (χ2n) is 6.65. The lowest BCUT2D eigenvalue weighted by molar-refractivity contribution is -0.157. The molecule has 2 heterocycles. The Kier molecular flexibility index (Phi) is 5.24. The summed E-state index contributed by atoms with van der Waals surface area (Å²) in [6, 6.07) is 7.74. The van der Waals surface area contributed by atoms with Crippen LogP contribution in [-0.2, 0) is 16.1 Å². The van der Waals surface area contributed by atoms with Crippen LogP contribution in [0, 0.1) is 5.41 Å². The molecule has 126 valence electrons. The van der Waals surface area contributed by atoms with Gasteiger partial charge in [-0.3, -0.25) is 4.79 Å². The van der Waals surface area contributed by atoms with Crippen LogP contribution < -0.4 is 5.32 Å². The predicted molar refractivity (Wildman–Crippen MR) is 91.4 cm³/mol. The van der Waals surface area contributed by atoms with Crippen LogP contribution in [0.15, 0.2) is 24.3 Å². The highest BCUT2D eigenvalue weighted by atomic mass is 35.5. The van der Waals surface area contributed by atoms with E-state index in [-0.39, 0.29) is 17.4 Å². The molecule has 1 aromatic rings. The van der Waals surface area contributed by atoms with E-state index in [2.05, 4.69) is 5.32 Å².